The molecule has 0 atom stereocenters. The zero-order chi connectivity index (χ0) is 14.1. The lowest BCUT2D eigenvalue weighted by Crippen LogP contribution is -2.56. The van der Waals surface area contributed by atoms with Gasteiger partial charge in [-0.05, 0) is 6.54 Å². The van der Waals surface area contributed by atoms with Crippen molar-refractivity contribution in [3.05, 3.63) is 0 Å². The molecule has 2 fully saturated rings. The van der Waals surface area contributed by atoms with E-state index in [0.717, 1.165) is 58.9 Å². The second-order valence-electron chi connectivity index (χ2n) is 5.15. The average molecular weight is 270 g/mol. The van der Waals surface area contributed by atoms with E-state index in [1.165, 1.54) is 6.42 Å². The summed E-state index contributed by atoms with van der Waals surface area (Å²) in [5.41, 5.74) is 0. The Balaban J connectivity index is 0.000000550. The Kier molecular flexibility index (Phi) is 7.82. The van der Waals surface area contributed by atoms with E-state index in [0.29, 0.717) is 0 Å². The van der Waals surface area contributed by atoms with Gasteiger partial charge in [0.05, 0.1) is 0 Å². The number of piperazine rings is 2. The summed E-state index contributed by atoms with van der Waals surface area (Å²) in [7, 11) is 0. The molecule has 0 saturated carbocycles. The standard InChI is InChI=1S/C11H22N4O.C3H8/c1-2-13-7-9-15(10-8-13)11(16)14-5-3-12-4-6-14;1-3-2/h12H,2-10H2,1H3;3H2,1-2H3. The molecule has 0 bridgehead atoms. The van der Waals surface area contributed by atoms with Crippen LogP contribution in [0, 0.1) is 0 Å². The first-order chi connectivity index (χ1) is 9.22. The van der Waals surface area contributed by atoms with E-state index in [4.69, 9.17) is 0 Å². The molecule has 0 aromatic rings. The number of carbonyl (C=O) groups excluding carboxylic acids is 1. The molecule has 0 unspecified atom stereocenters. The molecule has 2 saturated heterocycles. The van der Waals surface area contributed by atoms with Crippen molar-refractivity contribution in [1.82, 2.24) is 20.0 Å². The van der Waals surface area contributed by atoms with Crippen molar-refractivity contribution in [2.75, 3.05) is 58.9 Å². The molecule has 1 N–H and O–H groups in total. The van der Waals surface area contributed by atoms with Gasteiger partial charge in [0, 0.05) is 52.4 Å². The highest BCUT2D eigenvalue weighted by Gasteiger charge is 2.25. The molecule has 0 spiro atoms. The van der Waals surface area contributed by atoms with Gasteiger partial charge in [-0.25, -0.2) is 4.79 Å². The summed E-state index contributed by atoms with van der Waals surface area (Å²) in [4.78, 5) is 18.5. The van der Waals surface area contributed by atoms with Crippen LogP contribution in [-0.2, 0) is 0 Å². The summed E-state index contributed by atoms with van der Waals surface area (Å²) in [6, 6.07) is 0.234. The molecule has 2 amide bonds. The van der Waals surface area contributed by atoms with Crippen LogP contribution in [0.1, 0.15) is 27.2 Å². The second-order valence-corrected chi connectivity index (χ2v) is 5.15. The van der Waals surface area contributed by atoms with Crippen LogP contribution < -0.4 is 5.32 Å². The molecule has 0 radical (unpaired) electrons. The van der Waals surface area contributed by atoms with Crippen LogP contribution in [0.25, 0.3) is 0 Å². The van der Waals surface area contributed by atoms with Gasteiger partial charge in [-0.1, -0.05) is 27.2 Å². The molecule has 5 nitrogen and oxygen atoms in total. The summed E-state index contributed by atoms with van der Waals surface area (Å²) in [5, 5.41) is 3.27. The number of amides is 2. The van der Waals surface area contributed by atoms with Crippen LogP contribution in [0.5, 0.6) is 0 Å². The lowest BCUT2D eigenvalue weighted by atomic mass is 10.3. The van der Waals surface area contributed by atoms with Crippen LogP contribution >= 0.6 is 0 Å². The summed E-state index contributed by atoms with van der Waals surface area (Å²) >= 11 is 0. The summed E-state index contributed by atoms with van der Waals surface area (Å²) in [5.74, 6) is 0. The Morgan fingerprint density at radius 2 is 1.37 bits per heavy atom. The first-order valence-electron chi connectivity index (χ1n) is 7.69. The molecule has 2 rings (SSSR count). The maximum absolute atomic E-state index is 12.2. The van der Waals surface area contributed by atoms with Crippen LogP contribution in [0.4, 0.5) is 4.79 Å². The van der Waals surface area contributed by atoms with Crippen LogP contribution in [0.3, 0.4) is 0 Å². The maximum atomic E-state index is 12.2. The Morgan fingerprint density at radius 3 is 1.84 bits per heavy atom. The zero-order valence-corrected chi connectivity index (χ0v) is 12.8. The number of nitrogens with one attached hydrogen (secondary N) is 1. The van der Waals surface area contributed by atoms with Gasteiger partial charge in [-0.3, -0.25) is 0 Å². The lowest BCUT2D eigenvalue weighted by Gasteiger charge is -2.38. The summed E-state index contributed by atoms with van der Waals surface area (Å²) in [6.07, 6.45) is 1.25. The van der Waals surface area contributed by atoms with Crippen molar-refractivity contribution in [2.45, 2.75) is 27.2 Å². The largest absolute Gasteiger partial charge is 0.322 e. The molecule has 2 aliphatic rings. The lowest BCUT2D eigenvalue weighted by molar-refractivity contribution is 0.111. The topological polar surface area (TPSA) is 38.8 Å². The molecule has 0 aromatic carbocycles. The van der Waals surface area contributed by atoms with Crippen LogP contribution in [0.2, 0.25) is 0 Å². The Labute approximate surface area is 117 Å². The molecular formula is C14H30N4O. The summed E-state index contributed by atoms with van der Waals surface area (Å²) < 4.78 is 0. The van der Waals surface area contributed by atoms with Crippen molar-refractivity contribution in [3.63, 3.8) is 0 Å². The highest BCUT2D eigenvalue weighted by molar-refractivity contribution is 5.74. The monoisotopic (exact) mass is 270 g/mol. The normalized spacial score (nSPS) is 20.8. The Bertz CT molecular complexity index is 246. The van der Waals surface area contributed by atoms with Crippen molar-refractivity contribution in [1.29, 1.82) is 0 Å². The Morgan fingerprint density at radius 1 is 0.895 bits per heavy atom. The minimum atomic E-state index is 0.234. The fraction of sp³-hybridized carbons (Fsp3) is 0.929. The molecule has 112 valence electrons. The van der Waals surface area contributed by atoms with Crippen molar-refractivity contribution < 1.29 is 4.79 Å². The highest BCUT2D eigenvalue weighted by atomic mass is 16.2. The van der Waals surface area contributed by atoms with E-state index in [1.807, 2.05) is 9.80 Å². The number of rotatable bonds is 1. The van der Waals surface area contributed by atoms with Gasteiger partial charge in [0.25, 0.3) is 0 Å². The molecule has 19 heavy (non-hydrogen) atoms. The van der Waals surface area contributed by atoms with E-state index in [2.05, 4.69) is 31.0 Å². The van der Waals surface area contributed by atoms with E-state index < -0.39 is 0 Å². The molecule has 2 heterocycles. The van der Waals surface area contributed by atoms with Gasteiger partial charge in [-0.2, -0.15) is 0 Å². The van der Waals surface area contributed by atoms with Crippen LogP contribution in [-0.4, -0.2) is 79.6 Å². The minimum absolute atomic E-state index is 0.234. The van der Waals surface area contributed by atoms with Gasteiger partial charge in [-0.15, -0.1) is 0 Å². The van der Waals surface area contributed by atoms with Gasteiger partial charge < -0.3 is 20.0 Å². The third-order valence-corrected chi connectivity index (χ3v) is 3.48. The number of likely N-dealkylation sites (N-methyl/N-ethyl adjacent to an activating group) is 1. The van der Waals surface area contributed by atoms with Crippen molar-refractivity contribution in [2.24, 2.45) is 0 Å². The minimum Gasteiger partial charge on any atom is -0.322 e. The predicted octanol–water partition coefficient (Wildman–Crippen LogP) is 1.07. The zero-order valence-electron chi connectivity index (χ0n) is 12.8. The van der Waals surface area contributed by atoms with Crippen molar-refractivity contribution >= 4 is 6.03 Å². The van der Waals surface area contributed by atoms with Gasteiger partial charge in [0.1, 0.15) is 0 Å². The smallest absolute Gasteiger partial charge is 0.320 e. The number of nitrogens with zero attached hydrogens (tertiary/aromatic N) is 3. The summed E-state index contributed by atoms with van der Waals surface area (Å²) in [6.45, 7) is 14.9. The van der Waals surface area contributed by atoms with Gasteiger partial charge in [0.2, 0.25) is 0 Å². The predicted molar refractivity (Wildman–Crippen MR) is 79.5 cm³/mol. The third-order valence-electron chi connectivity index (χ3n) is 3.48. The first-order valence-corrected chi connectivity index (χ1v) is 7.69. The molecular weight excluding hydrogens is 240 g/mol. The Hall–Kier alpha value is -0.810. The van der Waals surface area contributed by atoms with Gasteiger partial charge >= 0.3 is 6.03 Å². The second kappa shape index (κ2) is 9.15. The number of hydrogen-bond donors (Lipinski definition) is 1. The molecule has 5 heteroatoms. The maximum Gasteiger partial charge on any atom is 0.320 e. The fourth-order valence-corrected chi connectivity index (χ4v) is 2.31. The molecule has 0 aliphatic carbocycles. The van der Waals surface area contributed by atoms with Gasteiger partial charge in [0.15, 0.2) is 0 Å². The van der Waals surface area contributed by atoms with E-state index in [1.54, 1.807) is 0 Å². The average Bonchev–Trinajstić information content (AvgIpc) is 2.48. The quantitative estimate of drug-likeness (QED) is 0.774. The molecule has 0 aromatic heterocycles. The molecule has 2 aliphatic heterocycles. The van der Waals surface area contributed by atoms with Crippen molar-refractivity contribution in [3.8, 4) is 0 Å². The van der Waals surface area contributed by atoms with E-state index in [-0.39, 0.29) is 6.03 Å². The highest BCUT2D eigenvalue weighted by Crippen LogP contribution is 2.06. The fourth-order valence-electron chi connectivity index (χ4n) is 2.31. The third kappa shape index (κ3) is 5.37. The number of hydrogen-bond acceptors (Lipinski definition) is 3. The van der Waals surface area contributed by atoms with Crippen LogP contribution in [0.15, 0.2) is 0 Å². The number of carbonyl (C=O) groups is 1. The SMILES string of the molecule is CCC.CCN1CCN(C(=O)N2CCNCC2)CC1. The van der Waals surface area contributed by atoms with E-state index >= 15 is 0 Å². The number of urea groups is 1. The van der Waals surface area contributed by atoms with E-state index in [9.17, 15) is 4.79 Å². The first kappa shape index (κ1) is 16.2.